The molecule has 1 aromatic carbocycles. The van der Waals surface area contributed by atoms with Crippen molar-refractivity contribution in [2.75, 3.05) is 40.0 Å². The molecule has 2 N–H and O–H groups in total. The van der Waals surface area contributed by atoms with E-state index in [-0.39, 0.29) is 46.7 Å². The number of nitrogens with one attached hydrogen (secondary N) is 2. The van der Waals surface area contributed by atoms with Crippen LogP contribution in [0.25, 0.3) is 0 Å². The van der Waals surface area contributed by atoms with E-state index in [1.54, 1.807) is 7.11 Å². The van der Waals surface area contributed by atoms with E-state index in [1.165, 1.54) is 12.1 Å². The van der Waals surface area contributed by atoms with Crippen molar-refractivity contribution in [1.29, 1.82) is 0 Å². The summed E-state index contributed by atoms with van der Waals surface area (Å²) in [4.78, 5) is 4.89. The van der Waals surface area contributed by atoms with Gasteiger partial charge < -0.3 is 20.1 Å². The number of ether oxygens (including phenoxy) is 2. The second-order valence-corrected chi connectivity index (χ2v) is 8.57. The molecule has 0 saturated carbocycles. The van der Waals surface area contributed by atoms with Gasteiger partial charge in [0.1, 0.15) is 5.82 Å². The minimum Gasteiger partial charge on any atom is -0.381 e. The third-order valence-electron chi connectivity index (χ3n) is 5.50. The van der Waals surface area contributed by atoms with E-state index in [1.807, 2.05) is 12.1 Å². The van der Waals surface area contributed by atoms with Crippen molar-refractivity contribution in [3.63, 3.8) is 0 Å². The molecule has 1 fully saturated rings. The Morgan fingerprint density at radius 2 is 1.83 bits per heavy atom. The van der Waals surface area contributed by atoms with Crippen LogP contribution in [0.1, 0.15) is 46.1 Å². The van der Waals surface area contributed by atoms with Gasteiger partial charge in [-0.3, -0.25) is 4.99 Å². The van der Waals surface area contributed by atoms with Gasteiger partial charge in [-0.1, -0.05) is 32.9 Å². The molecule has 166 valence electrons. The van der Waals surface area contributed by atoms with Crippen LogP contribution in [-0.2, 0) is 14.9 Å². The van der Waals surface area contributed by atoms with Gasteiger partial charge in [0.25, 0.3) is 0 Å². The summed E-state index contributed by atoms with van der Waals surface area (Å²) in [5, 5.41) is 6.74. The summed E-state index contributed by atoms with van der Waals surface area (Å²) in [6.45, 7) is 12.0. The molecule has 0 radical (unpaired) electrons. The molecule has 5 nitrogen and oxygen atoms in total. The Labute approximate surface area is 192 Å². The van der Waals surface area contributed by atoms with Crippen LogP contribution in [0.15, 0.2) is 29.3 Å². The number of hydrogen-bond acceptors (Lipinski definition) is 3. The Hall–Kier alpha value is -0.930. The Kier molecular flexibility index (Phi) is 10.8. The van der Waals surface area contributed by atoms with Crippen molar-refractivity contribution in [2.45, 2.75) is 52.1 Å². The van der Waals surface area contributed by atoms with E-state index >= 15 is 0 Å². The fourth-order valence-corrected chi connectivity index (χ4v) is 3.61. The SMILES string of the molecule is CCNC(=NCC1(c2ccc(F)cc2)CCOCC1)NCC(OC)C(C)(C)C.I. The molecule has 1 aliphatic rings. The van der Waals surface area contributed by atoms with E-state index in [4.69, 9.17) is 14.5 Å². The zero-order valence-electron chi connectivity index (χ0n) is 18.4. The zero-order valence-corrected chi connectivity index (χ0v) is 20.7. The van der Waals surface area contributed by atoms with Gasteiger partial charge in [-0.05, 0) is 42.9 Å². The first-order chi connectivity index (χ1) is 13.3. The van der Waals surface area contributed by atoms with Crippen LogP contribution in [0.2, 0.25) is 0 Å². The molecule has 29 heavy (non-hydrogen) atoms. The largest absolute Gasteiger partial charge is 0.381 e. The highest BCUT2D eigenvalue weighted by atomic mass is 127. The molecule has 1 aliphatic heterocycles. The van der Waals surface area contributed by atoms with Crippen LogP contribution in [0.4, 0.5) is 4.39 Å². The van der Waals surface area contributed by atoms with Gasteiger partial charge in [0.05, 0.1) is 12.6 Å². The number of benzene rings is 1. The molecule has 0 spiro atoms. The Bertz CT molecular complexity index is 626. The topological polar surface area (TPSA) is 54.9 Å². The molecule has 1 heterocycles. The summed E-state index contributed by atoms with van der Waals surface area (Å²) in [6, 6.07) is 6.84. The van der Waals surface area contributed by atoms with E-state index in [2.05, 4.69) is 38.3 Å². The number of nitrogens with zero attached hydrogens (tertiary/aromatic N) is 1. The van der Waals surface area contributed by atoms with Crippen molar-refractivity contribution in [3.05, 3.63) is 35.6 Å². The lowest BCUT2D eigenvalue weighted by molar-refractivity contribution is 0.0205. The van der Waals surface area contributed by atoms with E-state index in [9.17, 15) is 4.39 Å². The Balaban J connectivity index is 0.00000420. The van der Waals surface area contributed by atoms with Crippen LogP contribution in [0.5, 0.6) is 0 Å². The molecule has 1 atom stereocenters. The van der Waals surface area contributed by atoms with Gasteiger partial charge >= 0.3 is 0 Å². The summed E-state index contributed by atoms with van der Waals surface area (Å²) < 4.78 is 24.6. The molecule has 1 unspecified atom stereocenters. The molecule has 2 rings (SSSR count). The second kappa shape index (κ2) is 12.1. The summed E-state index contributed by atoms with van der Waals surface area (Å²) in [5.41, 5.74) is 1.04. The predicted octanol–water partition coefficient (Wildman–Crippen LogP) is 4.11. The van der Waals surface area contributed by atoms with E-state index < -0.39 is 0 Å². The van der Waals surface area contributed by atoms with Gasteiger partial charge in [-0.2, -0.15) is 0 Å². The van der Waals surface area contributed by atoms with Crippen molar-refractivity contribution in [3.8, 4) is 0 Å². The number of hydrogen-bond donors (Lipinski definition) is 2. The first kappa shape index (κ1) is 26.1. The lowest BCUT2D eigenvalue weighted by atomic mass is 9.74. The van der Waals surface area contributed by atoms with Crippen molar-refractivity contribution in [1.82, 2.24) is 10.6 Å². The van der Waals surface area contributed by atoms with Crippen LogP contribution in [0.3, 0.4) is 0 Å². The van der Waals surface area contributed by atoms with Crippen LogP contribution in [0, 0.1) is 11.2 Å². The molecule has 0 aromatic heterocycles. The van der Waals surface area contributed by atoms with Gasteiger partial charge in [-0.15, -0.1) is 24.0 Å². The van der Waals surface area contributed by atoms with Crippen LogP contribution in [-0.4, -0.2) is 52.0 Å². The standard InChI is InChI=1S/C22H36FN3O2.HI/c1-6-24-20(25-15-19(27-5)21(2,3)4)26-16-22(11-13-28-14-12-22)17-7-9-18(23)10-8-17;/h7-10,19H,6,11-16H2,1-5H3,(H2,24,25,26);1H. The molecule has 0 amide bonds. The monoisotopic (exact) mass is 521 g/mol. The maximum absolute atomic E-state index is 13.4. The highest BCUT2D eigenvalue weighted by Crippen LogP contribution is 2.35. The summed E-state index contributed by atoms with van der Waals surface area (Å²) in [5.74, 6) is 0.569. The van der Waals surface area contributed by atoms with Gasteiger partial charge in [0.15, 0.2) is 5.96 Å². The van der Waals surface area contributed by atoms with Crippen LogP contribution >= 0.6 is 24.0 Å². The fraction of sp³-hybridized carbons (Fsp3) is 0.682. The van der Waals surface area contributed by atoms with Crippen LogP contribution < -0.4 is 10.6 Å². The molecular formula is C22H37FIN3O2. The van der Waals surface area contributed by atoms with Gasteiger partial charge in [-0.25, -0.2) is 4.39 Å². The van der Waals surface area contributed by atoms with Crippen molar-refractivity contribution < 1.29 is 13.9 Å². The van der Waals surface area contributed by atoms with E-state index in [0.29, 0.717) is 26.3 Å². The maximum Gasteiger partial charge on any atom is 0.191 e. The lowest BCUT2D eigenvalue weighted by Gasteiger charge is -2.37. The maximum atomic E-state index is 13.4. The summed E-state index contributed by atoms with van der Waals surface area (Å²) in [7, 11) is 1.74. The smallest absolute Gasteiger partial charge is 0.191 e. The fourth-order valence-electron chi connectivity index (χ4n) is 3.61. The number of rotatable bonds is 7. The zero-order chi connectivity index (χ0) is 20.6. The number of guanidine groups is 1. The minimum atomic E-state index is -0.211. The molecular weight excluding hydrogens is 484 g/mol. The van der Waals surface area contributed by atoms with Gasteiger partial charge in [0.2, 0.25) is 0 Å². The number of halogens is 2. The third kappa shape index (κ3) is 7.68. The average Bonchev–Trinajstić information content (AvgIpc) is 2.66. The average molecular weight is 521 g/mol. The number of methoxy groups -OCH3 is 1. The van der Waals surface area contributed by atoms with E-state index in [0.717, 1.165) is 30.9 Å². The number of aliphatic imine (C=N–C) groups is 1. The second-order valence-electron chi connectivity index (χ2n) is 8.57. The lowest BCUT2D eigenvalue weighted by Crippen LogP contribution is -2.46. The van der Waals surface area contributed by atoms with Crippen molar-refractivity contribution in [2.24, 2.45) is 10.4 Å². The highest BCUT2D eigenvalue weighted by molar-refractivity contribution is 14.0. The normalized spacial score (nSPS) is 17.9. The predicted molar refractivity (Wildman–Crippen MR) is 128 cm³/mol. The summed E-state index contributed by atoms with van der Waals surface area (Å²) in [6.07, 6.45) is 1.83. The first-order valence-electron chi connectivity index (χ1n) is 10.2. The first-order valence-corrected chi connectivity index (χ1v) is 10.2. The Morgan fingerprint density at radius 1 is 1.21 bits per heavy atom. The molecule has 1 saturated heterocycles. The minimum absolute atomic E-state index is 0. The molecule has 0 aliphatic carbocycles. The molecule has 0 bridgehead atoms. The quantitative estimate of drug-likeness (QED) is 0.322. The molecule has 1 aromatic rings. The third-order valence-corrected chi connectivity index (χ3v) is 5.50. The summed E-state index contributed by atoms with van der Waals surface area (Å²) >= 11 is 0. The molecule has 7 heteroatoms. The van der Waals surface area contributed by atoms with Gasteiger partial charge in [0, 0.05) is 38.8 Å². The van der Waals surface area contributed by atoms with Crippen molar-refractivity contribution >= 4 is 29.9 Å². The highest BCUT2D eigenvalue weighted by Gasteiger charge is 2.34. The Morgan fingerprint density at radius 3 is 2.34 bits per heavy atom.